The minimum absolute atomic E-state index is 0. The van der Waals surface area contributed by atoms with Crippen LogP contribution in [0.5, 0.6) is 0 Å². The predicted octanol–water partition coefficient (Wildman–Crippen LogP) is -0.959. The van der Waals surface area contributed by atoms with Crippen molar-refractivity contribution in [2.24, 2.45) is 0 Å². The molecule has 6 nitrogen and oxygen atoms in total. The first-order valence-corrected chi connectivity index (χ1v) is 5.06. The Kier molecular flexibility index (Phi) is 9.19. The predicted molar refractivity (Wildman–Crippen MR) is 56.8 cm³/mol. The fraction of sp³-hybridized carbons (Fsp3) is 0.250. The van der Waals surface area contributed by atoms with Gasteiger partial charge in [-0.1, -0.05) is 0 Å². The molecular formula is C8H15AgNO5S+. The molecule has 98 valence electrons. The SMILES string of the molecule is Cc1cc(N)c(S(=O)(=O)[O-])cc1C.O.[Ag+].[OH3+]. The van der Waals surface area contributed by atoms with Gasteiger partial charge in [-0.3, -0.25) is 0 Å². The molecule has 8 heteroatoms. The molecular weight excluding hydrogens is 330 g/mol. The Morgan fingerprint density at radius 3 is 1.94 bits per heavy atom. The number of aryl methyl sites for hydroxylation is 2. The second-order valence-corrected chi connectivity index (χ2v) is 4.28. The van der Waals surface area contributed by atoms with Crippen molar-refractivity contribution >= 4 is 15.8 Å². The van der Waals surface area contributed by atoms with E-state index in [0.717, 1.165) is 11.1 Å². The molecule has 0 heterocycles. The van der Waals surface area contributed by atoms with E-state index in [1.54, 1.807) is 13.8 Å². The molecule has 0 aliphatic carbocycles. The topological polar surface area (TPSA) is 148 Å². The summed E-state index contributed by atoms with van der Waals surface area (Å²) in [6.45, 7) is 3.52. The van der Waals surface area contributed by atoms with Crippen LogP contribution in [0.3, 0.4) is 0 Å². The van der Waals surface area contributed by atoms with Crippen molar-refractivity contribution in [2.75, 3.05) is 5.73 Å². The van der Waals surface area contributed by atoms with E-state index >= 15 is 0 Å². The summed E-state index contributed by atoms with van der Waals surface area (Å²) in [6, 6.07) is 2.78. The number of rotatable bonds is 1. The van der Waals surface area contributed by atoms with Crippen LogP contribution in [-0.2, 0) is 38.0 Å². The Balaban J connectivity index is -0.000000563. The van der Waals surface area contributed by atoms with Gasteiger partial charge in [0.05, 0.1) is 4.90 Å². The number of hydrogen-bond acceptors (Lipinski definition) is 4. The van der Waals surface area contributed by atoms with Crippen molar-refractivity contribution in [3.05, 3.63) is 23.3 Å². The van der Waals surface area contributed by atoms with E-state index in [4.69, 9.17) is 5.73 Å². The normalized spacial score (nSPS) is 9.44. The average molecular weight is 345 g/mol. The van der Waals surface area contributed by atoms with Crippen molar-refractivity contribution in [1.82, 2.24) is 0 Å². The summed E-state index contributed by atoms with van der Waals surface area (Å²) < 4.78 is 32.0. The molecule has 0 spiro atoms. The zero-order chi connectivity index (χ0) is 10.2. The van der Waals surface area contributed by atoms with E-state index in [1.807, 2.05) is 0 Å². The maximum absolute atomic E-state index is 10.7. The third-order valence-electron chi connectivity index (χ3n) is 1.90. The number of nitrogens with two attached hydrogens (primary N) is 1. The molecule has 0 unspecified atom stereocenters. The first-order valence-electron chi connectivity index (χ1n) is 3.65. The molecule has 0 atom stereocenters. The van der Waals surface area contributed by atoms with E-state index in [2.05, 4.69) is 0 Å². The van der Waals surface area contributed by atoms with Crippen LogP contribution < -0.4 is 5.73 Å². The van der Waals surface area contributed by atoms with Crippen molar-refractivity contribution in [2.45, 2.75) is 18.7 Å². The summed E-state index contributed by atoms with van der Waals surface area (Å²) in [4.78, 5) is -0.337. The van der Waals surface area contributed by atoms with Gasteiger partial charge >= 0.3 is 22.4 Å². The van der Waals surface area contributed by atoms with E-state index in [0.29, 0.717) is 0 Å². The molecule has 0 bridgehead atoms. The van der Waals surface area contributed by atoms with Gasteiger partial charge in [0.25, 0.3) is 0 Å². The molecule has 0 radical (unpaired) electrons. The number of benzene rings is 1. The first-order chi connectivity index (χ1) is 5.82. The Morgan fingerprint density at radius 1 is 1.19 bits per heavy atom. The minimum Gasteiger partial charge on any atom is -0.744 e. The van der Waals surface area contributed by atoms with Gasteiger partial charge in [-0.15, -0.1) is 0 Å². The number of hydrogen-bond donors (Lipinski definition) is 1. The number of nitrogen functional groups attached to an aromatic ring is 1. The smallest absolute Gasteiger partial charge is 0.744 e. The van der Waals surface area contributed by atoms with Gasteiger partial charge < -0.3 is 21.2 Å². The maximum atomic E-state index is 10.7. The second kappa shape index (κ2) is 7.02. The van der Waals surface area contributed by atoms with E-state index < -0.39 is 10.1 Å². The standard InChI is InChI=1S/C8H11NO3S.Ag.2H2O/c1-5-3-7(9)8(4-6(5)2)13(10,11)12;;;/h3-4H,9H2,1-2H3,(H,10,11,12);;2*1H2/q;+1;;. The monoisotopic (exact) mass is 344 g/mol. The fourth-order valence-electron chi connectivity index (χ4n) is 1.03. The fourth-order valence-corrected chi connectivity index (χ4v) is 1.70. The van der Waals surface area contributed by atoms with Gasteiger partial charge in [-0.2, -0.15) is 0 Å². The van der Waals surface area contributed by atoms with Gasteiger partial charge in [-0.25, -0.2) is 8.42 Å². The molecule has 0 amide bonds. The van der Waals surface area contributed by atoms with Gasteiger partial charge in [-0.05, 0) is 37.1 Å². The third-order valence-corrected chi connectivity index (χ3v) is 2.79. The molecule has 0 saturated carbocycles. The van der Waals surface area contributed by atoms with E-state index in [1.165, 1.54) is 12.1 Å². The van der Waals surface area contributed by atoms with Crippen LogP contribution in [0, 0.1) is 13.8 Å². The summed E-state index contributed by atoms with van der Waals surface area (Å²) in [5, 5.41) is 0. The third kappa shape index (κ3) is 4.62. The molecule has 0 saturated heterocycles. The molecule has 7 N–H and O–H groups in total. The molecule has 0 aliphatic heterocycles. The Bertz CT molecular complexity index is 446. The number of anilines is 1. The van der Waals surface area contributed by atoms with E-state index in [-0.39, 0.29) is 43.9 Å². The quantitative estimate of drug-likeness (QED) is 0.302. The van der Waals surface area contributed by atoms with Crippen LogP contribution >= 0.6 is 0 Å². The molecule has 0 aromatic heterocycles. The summed E-state index contributed by atoms with van der Waals surface area (Å²) >= 11 is 0. The Morgan fingerprint density at radius 2 is 1.56 bits per heavy atom. The van der Waals surface area contributed by atoms with Gasteiger partial charge in [0.1, 0.15) is 10.1 Å². The zero-order valence-corrected chi connectivity index (χ0v) is 11.0. The van der Waals surface area contributed by atoms with Crippen LogP contribution in [0.25, 0.3) is 0 Å². The summed E-state index contributed by atoms with van der Waals surface area (Å²) in [7, 11) is -4.45. The average Bonchev–Trinajstić information content (AvgIpc) is 1.94. The maximum Gasteiger partial charge on any atom is 1.00 e. The molecule has 16 heavy (non-hydrogen) atoms. The molecule has 1 aromatic carbocycles. The summed E-state index contributed by atoms with van der Waals surface area (Å²) in [5.41, 5.74) is 7.01. The van der Waals surface area contributed by atoms with Crippen LogP contribution in [0.4, 0.5) is 5.69 Å². The Hall–Kier alpha value is -0.410. The van der Waals surface area contributed by atoms with Crippen LogP contribution in [0.15, 0.2) is 17.0 Å². The van der Waals surface area contributed by atoms with Crippen molar-refractivity contribution < 1.29 is 46.3 Å². The van der Waals surface area contributed by atoms with Gasteiger partial charge in [0.2, 0.25) is 0 Å². The van der Waals surface area contributed by atoms with Crippen LogP contribution in [0.2, 0.25) is 0 Å². The molecule has 0 fully saturated rings. The van der Waals surface area contributed by atoms with Crippen LogP contribution in [-0.4, -0.2) is 18.4 Å². The molecule has 1 aromatic rings. The summed E-state index contributed by atoms with van der Waals surface area (Å²) in [5.74, 6) is 0. The van der Waals surface area contributed by atoms with Crippen molar-refractivity contribution in [3.63, 3.8) is 0 Å². The summed E-state index contributed by atoms with van der Waals surface area (Å²) in [6.07, 6.45) is 0. The van der Waals surface area contributed by atoms with Gasteiger partial charge in [0, 0.05) is 5.69 Å². The van der Waals surface area contributed by atoms with Crippen molar-refractivity contribution in [3.8, 4) is 0 Å². The Labute approximate surface area is 110 Å². The zero-order valence-electron chi connectivity index (χ0n) is 8.74. The van der Waals surface area contributed by atoms with Crippen molar-refractivity contribution in [1.29, 1.82) is 0 Å². The first kappa shape index (κ1) is 20.9. The largest absolute Gasteiger partial charge is 1.00 e. The van der Waals surface area contributed by atoms with Crippen LogP contribution in [0.1, 0.15) is 11.1 Å². The molecule has 0 aliphatic rings. The second-order valence-electron chi connectivity index (χ2n) is 2.93. The minimum atomic E-state index is -4.45. The molecule has 1 rings (SSSR count). The van der Waals surface area contributed by atoms with Gasteiger partial charge in [0.15, 0.2) is 0 Å². The van der Waals surface area contributed by atoms with E-state index in [9.17, 15) is 13.0 Å².